The van der Waals surface area contributed by atoms with Gasteiger partial charge in [-0.1, -0.05) is 71.8 Å². The van der Waals surface area contributed by atoms with Gasteiger partial charge < -0.3 is 10.2 Å². The van der Waals surface area contributed by atoms with Gasteiger partial charge in [-0.25, -0.2) is 4.68 Å². The number of hydrogen-bond acceptors (Lipinski definition) is 3. The number of aryl methyl sites for hydroxylation is 1. The largest absolute Gasteiger partial charge is 0.332 e. The van der Waals surface area contributed by atoms with Crippen LogP contribution in [0.4, 0.5) is 5.69 Å². The van der Waals surface area contributed by atoms with Gasteiger partial charge in [0.2, 0.25) is 5.91 Å². The molecule has 3 aromatic carbocycles. The Bertz CT molecular complexity index is 1280. The molecule has 1 aromatic heterocycles. The zero-order valence-electron chi connectivity index (χ0n) is 18.3. The minimum Gasteiger partial charge on any atom is -0.332 e. The lowest BCUT2D eigenvalue weighted by atomic mass is 10.1. The van der Waals surface area contributed by atoms with Crippen LogP contribution in [0.3, 0.4) is 0 Å². The fourth-order valence-electron chi connectivity index (χ4n) is 3.41. The van der Waals surface area contributed by atoms with Crippen molar-refractivity contribution in [2.24, 2.45) is 0 Å². The molecular formula is C26H23ClN4O2. The van der Waals surface area contributed by atoms with Gasteiger partial charge in [0.1, 0.15) is 5.69 Å². The van der Waals surface area contributed by atoms with E-state index in [1.165, 1.54) is 4.90 Å². The molecule has 0 radical (unpaired) electrons. The molecule has 1 N–H and O–H groups in total. The minimum absolute atomic E-state index is 0.131. The van der Waals surface area contributed by atoms with Gasteiger partial charge in [0.05, 0.1) is 28.5 Å². The van der Waals surface area contributed by atoms with Crippen molar-refractivity contribution in [2.45, 2.75) is 6.92 Å². The van der Waals surface area contributed by atoms with E-state index >= 15 is 0 Å². The standard InChI is InChI=1S/C26H23ClN4O2/c1-18-12-14-20(15-13-18)31-16-21(25(29-31)19-8-4-3-5-9-19)26(33)30(2)17-24(32)28-23-11-7-6-10-22(23)27/h3-16H,17H2,1-2H3,(H,28,32). The van der Waals surface area contributed by atoms with Gasteiger partial charge in [-0.2, -0.15) is 5.10 Å². The fraction of sp³-hybridized carbons (Fsp3) is 0.115. The van der Waals surface area contributed by atoms with Gasteiger partial charge in [0, 0.05) is 18.8 Å². The molecule has 0 fully saturated rings. The van der Waals surface area contributed by atoms with Crippen molar-refractivity contribution < 1.29 is 9.59 Å². The molecule has 0 aliphatic heterocycles. The molecule has 1 heterocycles. The molecule has 4 aromatic rings. The first-order valence-corrected chi connectivity index (χ1v) is 10.8. The molecule has 0 bridgehead atoms. The van der Waals surface area contributed by atoms with Gasteiger partial charge in [-0.15, -0.1) is 0 Å². The molecule has 7 heteroatoms. The quantitative estimate of drug-likeness (QED) is 0.431. The predicted molar refractivity (Wildman–Crippen MR) is 131 cm³/mol. The summed E-state index contributed by atoms with van der Waals surface area (Å²) >= 11 is 6.12. The Labute approximate surface area is 197 Å². The molecule has 0 aliphatic rings. The summed E-state index contributed by atoms with van der Waals surface area (Å²) < 4.78 is 1.69. The number of anilines is 1. The third-order valence-electron chi connectivity index (χ3n) is 5.17. The molecule has 0 spiro atoms. The first-order valence-electron chi connectivity index (χ1n) is 10.4. The SMILES string of the molecule is Cc1ccc(-n2cc(C(=O)N(C)CC(=O)Nc3ccccc3Cl)c(-c3ccccc3)n2)cc1. The van der Waals surface area contributed by atoms with Gasteiger partial charge in [-0.3, -0.25) is 9.59 Å². The number of halogens is 1. The van der Waals surface area contributed by atoms with Crippen LogP contribution in [0.1, 0.15) is 15.9 Å². The fourth-order valence-corrected chi connectivity index (χ4v) is 3.60. The second-order valence-corrected chi connectivity index (χ2v) is 8.13. The van der Waals surface area contributed by atoms with Crippen molar-refractivity contribution in [3.05, 3.63) is 101 Å². The lowest BCUT2D eigenvalue weighted by Gasteiger charge is -2.17. The van der Waals surface area contributed by atoms with Gasteiger partial charge >= 0.3 is 0 Å². The average molecular weight is 459 g/mol. The van der Waals surface area contributed by atoms with Crippen LogP contribution in [-0.4, -0.2) is 40.1 Å². The van der Waals surface area contributed by atoms with Crippen LogP contribution in [0, 0.1) is 6.92 Å². The molecule has 4 rings (SSSR count). The molecule has 2 amide bonds. The summed E-state index contributed by atoms with van der Waals surface area (Å²) in [5, 5.41) is 7.87. The highest BCUT2D eigenvalue weighted by Crippen LogP contribution is 2.25. The summed E-state index contributed by atoms with van der Waals surface area (Å²) in [5.74, 6) is -0.646. The van der Waals surface area contributed by atoms with E-state index in [1.807, 2.05) is 61.5 Å². The highest BCUT2D eigenvalue weighted by Gasteiger charge is 2.23. The summed E-state index contributed by atoms with van der Waals surface area (Å²) in [4.78, 5) is 27.3. The number of rotatable bonds is 6. The second-order valence-electron chi connectivity index (χ2n) is 7.73. The van der Waals surface area contributed by atoms with E-state index in [-0.39, 0.29) is 18.4 Å². The Morgan fingerprint density at radius 1 is 0.970 bits per heavy atom. The Morgan fingerprint density at radius 3 is 2.33 bits per heavy atom. The van der Waals surface area contributed by atoms with Crippen LogP contribution in [0.5, 0.6) is 0 Å². The summed E-state index contributed by atoms with van der Waals surface area (Å²) in [6, 6.07) is 24.4. The summed E-state index contributed by atoms with van der Waals surface area (Å²) in [6.07, 6.45) is 1.71. The molecule has 0 atom stereocenters. The summed E-state index contributed by atoms with van der Waals surface area (Å²) in [5.41, 5.74) is 4.27. The third kappa shape index (κ3) is 5.13. The van der Waals surface area contributed by atoms with E-state index < -0.39 is 0 Å². The minimum atomic E-state index is -0.342. The Morgan fingerprint density at radius 2 is 1.64 bits per heavy atom. The van der Waals surface area contributed by atoms with Crippen molar-refractivity contribution in [1.82, 2.24) is 14.7 Å². The zero-order chi connectivity index (χ0) is 23.4. The molecule has 6 nitrogen and oxygen atoms in total. The molecular weight excluding hydrogens is 436 g/mol. The number of carbonyl (C=O) groups excluding carboxylic acids is 2. The molecule has 0 unspecified atom stereocenters. The second kappa shape index (κ2) is 9.71. The lowest BCUT2D eigenvalue weighted by molar-refractivity contribution is -0.116. The first kappa shape index (κ1) is 22.3. The van der Waals surface area contributed by atoms with Crippen molar-refractivity contribution in [3.63, 3.8) is 0 Å². The van der Waals surface area contributed by atoms with Crippen LogP contribution in [0.2, 0.25) is 5.02 Å². The molecule has 33 heavy (non-hydrogen) atoms. The Hall–Kier alpha value is -3.90. The Balaban J connectivity index is 1.60. The monoisotopic (exact) mass is 458 g/mol. The predicted octanol–water partition coefficient (Wildman–Crippen LogP) is 5.21. The number of nitrogens with zero attached hydrogens (tertiary/aromatic N) is 3. The first-order chi connectivity index (χ1) is 15.9. The van der Waals surface area contributed by atoms with E-state index in [9.17, 15) is 9.59 Å². The van der Waals surface area contributed by atoms with Crippen LogP contribution >= 0.6 is 11.6 Å². The van der Waals surface area contributed by atoms with Crippen LogP contribution < -0.4 is 5.32 Å². The number of nitrogens with one attached hydrogen (secondary N) is 1. The van der Waals surface area contributed by atoms with E-state index in [0.717, 1.165) is 16.8 Å². The normalized spacial score (nSPS) is 10.6. The number of para-hydroxylation sites is 1. The van der Waals surface area contributed by atoms with Crippen molar-refractivity contribution in [3.8, 4) is 16.9 Å². The number of likely N-dealkylation sites (N-methyl/N-ethyl adjacent to an activating group) is 1. The van der Waals surface area contributed by atoms with Crippen LogP contribution in [-0.2, 0) is 4.79 Å². The van der Waals surface area contributed by atoms with E-state index in [2.05, 4.69) is 5.32 Å². The highest BCUT2D eigenvalue weighted by molar-refractivity contribution is 6.33. The van der Waals surface area contributed by atoms with Crippen molar-refractivity contribution in [2.75, 3.05) is 18.9 Å². The third-order valence-corrected chi connectivity index (χ3v) is 5.50. The summed E-state index contributed by atoms with van der Waals surface area (Å²) in [6.45, 7) is 1.88. The number of hydrogen-bond donors (Lipinski definition) is 1. The van der Waals surface area contributed by atoms with Gasteiger partial charge in [-0.05, 0) is 31.2 Å². The molecule has 0 saturated carbocycles. The maximum atomic E-state index is 13.4. The Kier molecular flexibility index (Phi) is 6.56. The average Bonchev–Trinajstić information content (AvgIpc) is 3.26. The molecule has 0 saturated heterocycles. The van der Waals surface area contributed by atoms with E-state index in [1.54, 1.807) is 42.2 Å². The number of carbonyl (C=O) groups is 2. The number of amides is 2. The van der Waals surface area contributed by atoms with Crippen LogP contribution in [0.15, 0.2) is 85.1 Å². The van der Waals surface area contributed by atoms with E-state index in [4.69, 9.17) is 16.7 Å². The van der Waals surface area contributed by atoms with Gasteiger partial charge in [0.25, 0.3) is 5.91 Å². The number of aromatic nitrogens is 2. The molecule has 0 aliphatic carbocycles. The zero-order valence-corrected chi connectivity index (χ0v) is 19.1. The molecule has 166 valence electrons. The maximum Gasteiger partial charge on any atom is 0.257 e. The highest BCUT2D eigenvalue weighted by atomic mass is 35.5. The maximum absolute atomic E-state index is 13.4. The van der Waals surface area contributed by atoms with E-state index in [0.29, 0.717) is 22.0 Å². The van der Waals surface area contributed by atoms with Crippen molar-refractivity contribution in [1.29, 1.82) is 0 Å². The van der Waals surface area contributed by atoms with Crippen LogP contribution in [0.25, 0.3) is 16.9 Å². The lowest BCUT2D eigenvalue weighted by Crippen LogP contribution is -2.35. The number of benzene rings is 3. The smallest absolute Gasteiger partial charge is 0.257 e. The van der Waals surface area contributed by atoms with Crippen molar-refractivity contribution >= 4 is 29.1 Å². The van der Waals surface area contributed by atoms with Gasteiger partial charge in [0.15, 0.2) is 0 Å². The summed E-state index contributed by atoms with van der Waals surface area (Å²) in [7, 11) is 1.59. The topological polar surface area (TPSA) is 67.2 Å².